The second-order valence-corrected chi connectivity index (χ2v) is 6.16. The van der Waals surface area contributed by atoms with Crippen LogP contribution in [0.1, 0.15) is 31.0 Å². The molecule has 1 atom stereocenters. The van der Waals surface area contributed by atoms with Crippen molar-refractivity contribution in [1.29, 1.82) is 0 Å². The molecular formula is C14H25ClN4O. The van der Waals surface area contributed by atoms with Gasteiger partial charge in [-0.1, -0.05) is 11.6 Å². The molecule has 1 fully saturated rings. The molecule has 0 bridgehead atoms. The lowest BCUT2D eigenvalue weighted by Gasteiger charge is -2.46. The highest BCUT2D eigenvalue weighted by Crippen LogP contribution is 2.46. The van der Waals surface area contributed by atoms with Crippen LogP contribution in [0, 0.1) is 0 Å². The molecule has 0 amide bonds. The molecule has 0 spiro atoms. The number of rotatable bonds is 7. The molecular weight excluding hydrogens is 276 g/mol. The van der Waals surface area contributed by atoms with Gasteiger partial charge in [0.05, 0.1) is 35.1 Å². The Hall–Kier alpha value is -0.620. The van der Waals surface area contributed by atoms with Crippen LogP contribution in [0.5, 0.6) is 0 Å². The summed E-state index contributed by atoms with van der Waals surface area (Å²) in [6.07, 6.45) is 5.06. The van der Waals surface area contributed by atoms with Gasteiger partial charge in [-0.3, -0.25) is 4.68 Å². The number of nitrogens with zero attached hydrogens (tertiary/aromatic N) is 3. The number of halogens is 1. The van der Waals surface area contributed by atoms with E-state index >= 15 is 0 Å². The van der Waals surface area contributed by atoms with E-state index < -0.39 is 0 Å². The van der Waals surface area contributed by atoms with E-state index in [0.717, 1.165) is 31.6 Å². The zero-order valence-corrected chi connectivity index (χ0v) is 13.6. The van der Waals surface area contributed by atoms with Crippen molar-refractivity contribution in [3.8, 4) is 0 Å². The average Bonchev–Trinajstić information content (AvgIpc) is 2.72. The number of hydrogen-bond donors (Lipinski definition) is 1. The lowest BCUT2D eigenvalue weighted by Crippen LogP contribution is -2.50. The summed E-state index contributed by atoms with van der Waals surface area (Å²) < 4.78 is 7.82. The Morgan fingerprint density at radius 3 is 2.70 bits per heavy atom. The molecule has 114 valence electrons. The molecule has 1 unspecified atom stereocenters. The van der Waals surface area contributed by atoms with Crippen LogP contribution in [-0.4, -0.2) is 55.1 Å². The van der Waals surface area contributed by atoms with Crippen molar-refractivity contribution in [2.45, 2.75) is 37.5 Å². The lowest BCUT2D eigenvalue weighted by atomic mass is 9.73. The summed E-state index contributed by atoms with van der Waals surface area (Å²) >= 11 is 6.39. The monoisotopic (exact) mass is 300 g/mol. The van der Waals surface area contributed by atoms with Crippen LogP contribution in [0.3, 0.4) is 0 Å². The van der Waals surface area contributed by atoms with Crippen molar-refractivity contribution in [2.75, 3.05) is 34.8 Å². The molecule has 1 saturated carbocycles. The summed E-state index contributed by atoms with van der Waals surface area (Å²) in [7, 11) is 7.87. The van der Waals surface area contributed by atoms with Crippen molar-refractivity contribution in [3.05, 3.63) is 16.9 Å². The third-order valence-corrected chi connectivity index (χ3v) is 4.58. The van der Waals surface area contributed by atoms with Gasteiger partial charge in [-0.05, 0) is 40.4 Å². The van der Waals surface area contributed by atoms with Crippen LogP contribution in [0.4, 0.5) is 0 Å². The molecule has 5 nitrogen and oxygen atoms in total. The van der Waals surface area contributed by atoms with Gasteiger partial charge in [-0.25, -0.2) is 0 Å². The second kappa shape index (κ2) is 6.43. The fourth-order valence-electron chi connectivity index (χ4n) is 2.92. The Labute approximate surface area is 126 Å². The van der Waals surface area contributed by atoms with E-state index in [-0.39, 0.29) is 11.6 Å². The zero-order valence-electron chi connectivity index (χ0n) is 12.8. The molecule has 0 aliphatic heterocycles. The van der Waals surface area contributed by atoms with E-state index in [4.69, 9.17) is 16.3 Å². The van der Waals surface area contributed by atoms with Crippen molar-refractivity contribution in [3.63, 3.8) is 0 Å². The molecule has 6 heteroatoms. The first kappa shape index (κ1) is 15.8. The van der Waals surface area contributed by atoms with Gasteiger partial charge in [0.2, 0.25) is 0 Å². The first-order chi connectivity index (χ1) is 9.54. The largest absolute Gasteiger partial charge is 0.376 e. The zero-order chi connectivity index (χ0) is 14.8. The molecule has 20 heavy (non-hydrogen) atoms. The van der Waals surface area contributed by atoms with Crippen molar-refractivity contribution >= 4 is 11.6 Å². The van der Waals surface area contributed by atoms with Crippen LogP contribution >= 0.6 is 11.6 Å². The Balaban J connectivity index is 2.27. The van der Waals surface area contributed by atoms with Gasteiger partial charge in [0.25, 0.3) is 0 Å². The SMILES string of the molecule is CNC(c1c(Cl)cnn1CCN(C)C)C1(OC)CCC1. The topological polar surface area (TPSA) is 42.3 Å². The Morgan fingerprint density at radius 1 is 1.55 bits per heavy atom. The minimum Gasteiger partial charge on any atom is -0.376 e. The smallest absolute Gasteiger partial charge is 0.0888 e. The minimum absolute atomic E-state index is 0.0819. The van der Waals surface area contributed by atoms with E-state index in [1.807, 2.05) is 11.7 Å². The predicted octanol–water partition coefficient (Wildman–Crippen LogP) is 1.93. The first-order valence-electron chi connectivity index (χ1n) is 7.12. The maximum absolute atomic E-state index is 6.39. The fraction of sp³-hybridized carbons (Fsp3) is 0.786. The van der Waals surface area contributed by atoms with Crippen molar-refractivity contribution < 1.29 is 4.74 Å². The normalized spacial score (nSPS) is 19.1. The number of hydrogen-bond acceptors (Lipinski definition) is 4. The average molecular weight is 301 g/mol. The highest BCUT2D eigenvalue weighted by molar-refractivity contribution is 6.31. The Bertz CT molecular complexity index is 437. The molecule has 1 N–H and O–H groups in total. The van der Waals surface area contributed by atoms with E-state index in [1.54, 1.807) is 13.3 Å². The van der Waals surface area contributed by atoms with Gasteiger partial charge < -0.3 is 15.0 Å². The lowest BCUT2D eigenvalue weighted by molar-refractivity contribution is -0.100. The van der Waals surface area contributed by atoms with Crippen LogP contribution < -0.4 is 5.32 Å². The van der Waals surface area contributed by atoms with E-state index in [1.165, 1.54) is 6.42 Å². The third-order valence-electron chi connectivity index (χ3n) is 4.29. The number of aromatic nitrogens is 2. The van der Waals surface area contributed by atoms with Gasteiger partial charge in [0.1, 0.15) is 0 Å². The number of nitrogens with one attached hydrogen (secondary N) is 1. The summed E-state index contributed by atoms with van der Waals surface area (Å²) in [6, 6.07) is 0.0819. The van der Waals surface area contributed by atoms with Gasteiger partial charge in [0, 0.05) is 13.7 Å². The maximum Gasteiger partial charge on any atom is 0.0888 e. The molecule has 1 heterocycles. The summed E-state index contributed by atoms with van der Waals surface area (Å²) in [5.74, 6) is 0. The molecule has 1 aromatic rings. The molecule has 0 radical (unpaired) electrons. The molecule has 0 saturated heterocycles. The van der Waals surface area contributed by atoms with Gasteiger partial charge in [-0.2, -0.15) is 5.10 Å². The first-order valence-corrected chi connectivity index (χ1v) is 7.50. The van der Waals surface area contributed by atoms with Crippen LogP contribution in [0.25, 0.3) is 0 Å². The quantitative estimate of drug-likeness (QED) is 0.835. The molecule has 2 rings (SSSR count). The molecule has 0 aromatic carbocycles. The summed E-state index contributed by atoms with van der Waals surface area (Å²) in [5.41, 5.74) is 0.895. The molecule has 1 aliphatic carbocycles. The maximum atomic E-state index is 6.39. The summed E-state index contributed by atoms with van der Waals surface area (Å²) in [4.78, 5) is 2.14. The highest BCUT2D eigenvalue weighted by Gasteiger charge is 2.46. The van der Waals surface area contributed by atoms with Crippen LogP contribution in [0.2, 0.25) is 5.02 Å². The van der Waals surface area contributed by atoms with Crippen LogP contribution in [-0.2, 0) is 11.3 Å². The Morgan fingerprint density at radius 2 is 2.25 bits per heavy atom. The van der Waals surface area contributed by atoms with Gasteiger partial charge in [0.15, 0.2) is 0 Å². The summed E-state index contributed by atoms with van der Waals surface area (Å²) in [6.45, 7) is 1.76. The standard InChI is InChI=1S/C14H25ClN4O/c1-16-13(14(20-4)6-5-7-14)12-11(15)10-17-19(12)9-8-18(2)3/h10,13,16H,5-9H2,1-4H3. The van der Waals surface area contributed by atoms with E-state index in [0.29, 0.717) is 5.02 Å². The van der Waals surface area contributed by atoms with E-state index in [2.05, 4.69) is 29.4 Å². The number of ether oxygens (including phenoxy) is 1. The van der Waals surface area contributed by atoms with E-state index in [9.17, 15) is 0 Å². The number of methoxy groups -OCH3 is 1. The number of likely N-dealkylation sites (N-methyl/N-ethyl adjacent to an activating group) is 2. The summed E-state index contributed by atoms with van der Waals surface area (Å²) in [5, 5.41) is 8.52. The van der Waals surface area contributed by atoms with Crippen molar-refractivity contribution in [2.24, 2.45) is 0 Å². The third kappa shape index (κ3) is 2.86. The van der Waals surface area contributed by atoms with Gasteiger partial charge >= 0.3 is 0 Å². The highest BCUT2D eigenvalue weighted by atomic mass is 35.5. The molecule has 1 aliphatic rings. The van der Waals surface area contributed by atoms with Crippen molar-refractivity contribution in [1.82, 2.24) is 20.0 Å². The van der Waals surface area contributed by atoms with Crippen LogP contribution in [0.15, 0.2) is 6.20 Å². The Kier molecular flexibility index (Phi) is 5.07. The molecule has 1 aromatic heterocycles. The second-order valence-electron chi connectivity index (χ2n) is 5.75. The minimum atomic E-state index is -0.145. The predicted molar refractivity (Wildman–Crippen MR) is 81.2 cm³/mol. The van der Waals surface area contributed by atoms with Gasteiger partial charge in [-0.15, -0.1) is 0 Å². The fourth-order valence-corrected chi connectivity index (χ4v) is 3.17.